The van der Waals surface area contributed by atoms with Gasteiger partial charge in [0.25, 0.3) is 0 Å². The minimum Gasteiger partial charge on any atom is -0.480 e. The number of nitrogens with zero attached hydrogens (tertiary/aromatic N) is 1. The Labute approximate surface area is 111 Å². The maximum Gasteiger partial charge on any atom is 0.318 e. The summed E-state index contributed by atoms with van der Waals surface area (Å²) in [4.78, 5) is 10.6. The number of benzene rings is 1. The smallest absolute Gasteiger partial charge is 0.318 e. The summed E-state index contributed by atoms with van der Waals surface area (Å²) >= 11 is 0. The summed E-state index contributed by atoms with van der Waals surface area (Å²) in [6.45, 7) is 4.03. The second kappa shape index (κ2) is 5.94. The van der Waals surface area contributed by atoms with Gasteiger partial charge in [-0.3, -0.25) is 4.79 Å². The number of hydrogen-bond donors (Lipinski definition) is 1. The number of carboxylic acid groups (broad SMARTS) is 1. The molecule has 0 unspecified atom stereocenters. The molecule has 0 amide bonds. The van der Waals surface area contributed by atoms with Crippen LogP contribution in [0.3, 0.4) is 0 Å². The Morgan fingerprint density at radius 2 is 2.16 bits per heavy atom. The number of carbonyl (C=O) groups is 1. The maximum atomic E-state index is 13.0. The molecule has 1 aromatic carbocycles. The summed E-state index contributed by atoms with van der Waals surface area (Å²) in [6.07, 6.45) is 1.29. The maximum absolute atomic E-state index is 13.0. The van der Waals surface area contributed by atoms with E-state index < -0.39 is 28.4 Å². The van der Waals surface area contributed by atoms with E-state index in [1.165, 1.54) is 13.0 Å². The zero-order valence-electron chi connectivity index (χ0n) is 10.3. The summed E-state index contributed by atoms with van der Waals surface area (Å²) in [5.74, 6) is -1.82. The van der Waals surface area contributed by atoms with Crippen LogP contribution in [0.15, 0.2) is 35.7 Å². The van der Waals surface area contributed by atoms with E-state index in [4.69, 9.17) is 5.11 Å². The third-order valence-corrected chi connectivity index (χ3v) is 4.37. The predicted octanol–water partition coefficient (Wildman–Crippen LogP) is 1.40. The van der Waals surface area contributed by atoms with Crippen molar-refractivity contribution < 1.29 is 22.7 Å². The van der Waals surface area contributed by atoms with Gasteiger partial charge in [-0.2, -0.15) is 4.31 Å². The zero-order valence-corrected chi connectivity index (χ0v) is 11.2. The third-order valence-electron chi connectivity index (χ3n) is 2.40. The Morgan fingerprint density at radius 3 is 2.63 bits per heavy atom. The van der Waals surface area contributed by atoms with Crippen molar-refractivity contribution in [2.24, 2.45) is 0 Å². The minimum absolute atomic E-state index is 0.114. The Hall–Kier alpha value is -1.73. The second-order valence-electron chi connectivity index (χ2n) is 3.89. The van der Waals surface area contributed by atoms with Crippen molar-refractivity contribution in [3.63, 3.8) is 0 Å². The molecule has 0 bridgehead atoms. The highest BCUT2D eigenvalue weighted by Crippen LogP contribution is 2.20. The minimum atomic E-state index is -3.99. The van der Waals surface area contributed by atoms with Gasteiger partial charge >= 0.3 is 5.97 Å². The van der Waals surface area contributed by atoms with Crippen molar-refractivity contribution >= 4 is 16.0 Å². The van der Waals surface area contributed by atoms with Gasteiger partial charge in [0.2, 0.25) is 10.0 Å². The van der Waals surface area contributed by atoms with E-state index in [0.29, 0.717) is 0 Å². The van der Waals surface area contributed by atoms with Crippen LogP contribution in [-0.2, 0) is 14.8 Å². The number of rotatable bonds is 6. The molecule has 1 rings (SSSR count). The first-order chi connectivity index (χ1) is 8.78. The summed E-state index contributed by atoms with van der Waals surface area (Å²) < 4.78 is 38.3. The number of aliphatic carboxylic acids is 1. The highest BCUT2D eigenvalue weighted by molar-refractivity contribution is 7.89. The first-order valence-corrected chi connectivity index (χ1v) is 6.82. The topological polar surface area (TPSA) is 74.7 Å². The average molecular weight is 287 g/mol. The molecule has 5 nitrogen and oxygen atoms in total. The predicted molar refractivity (Wildman–Crippen MR) is 67.7 cm³/mol. The lowest BCUT2D eigenvalue weighted by atomic mass is 10.2. The Kier molecular flexibility index (Phi) is 4.79. The molecule has 0 saturated heterocycles. The van der Waals surface area contributed by atoms with Gasteiger partial charge in [0.1, 0.15) is 12.4 Å². The van der Waals surface area contributed by atoms with Crippen LogP contribution in [0.25, 0.3) is 0 Å². The standard InChI is InChI=1S/C12H14FNO4S/c1-3-6-14(8-12(15)16)19(17,18)11-5-4-10(13)7-9(11)2/h3-5,7H,1,6,8H2,2H3,(H,15,16). The fraction of sp³-hybridized carbons (Fsp3) is 0.250. The SMILES string of the molecule is C=CCN(CC(=O)O)S(=O)(=O)c1ccc(F)cc1C. The highest BCUT2D eigenvalue weighted by Gasteiger charge is 2.27. The molecule has 7 heteroatoms. The lowest BCUT2D eigenvalue weighted by Gasteiger charge is -2.19. The van der Waals surface area contributed by atoms with Gasteiger partial charge in [0.15, 0.2) is 0 Å². The molecule has 0 aliphatic rings. The Morgan fingerprint density at radius 1 is 1.53 bits per heavy atom. The number of hydrogen-bond acceptors (Lipinski definition) is 3. The van der Waals surface area contributed by atoms with Crippen LogP contribution in [0, 0.1) is 12.7 Å². The van der Waals surface area contributed by atoms with Gasteiger partial charge in [-0.05, 0) is 30.7 Å². The third kappa shape index (κ3) is 3.62. The molecule has 0 fully saturated rings. The van der Waals surface area contributed by atoms with Gasteiger partial charge in [-0.25, -0.2) is 12.8 Å². The van der Waals surface area contributed by atoms with E-state index in [1.54, 1.807) is 0 Å². The zero-order chi connectivity index (χ0) is 14.6. The van der Waals surface area contributed by atoms with E-state index >= 15 is 0 Å². The monoisotopic (exact) mass is 287 g/mol. The molecule has 0 aromatic heterocycles. The Bertz CT molecular complexity index is 598. The molecule has 0 aliphatic carbocycles. The lowest BCUT2D eigenvalue weighted by Crippen LogP contribution is -2.36. The first kappa shape index (κ1) is 15.3. The molecule has 0 aliphatic heterocycles. The molecular weight excluding hydrogens is 273 g/mol. The Balaban J connectivity index is 3.25. The fourth-order valence-corrected chi connectivity index (χ4v) is 3.15. The largest absolute Gasteiger partial charge is 0.480 e. The van der Waals surface area contributed by atoms with E-state index in [0.717, 1.165) is 22.5 Å². The quantitative estimate of drug-likeness (QED) is 0.802. The number of sulfonamides is 1. The molecule has 0 radical (unpaired) electrons. The van der Waals surface area contributed by atoms with Crippen molar-refractivity contribution in [2.75, 3.05) is 13.1 Å². The van der Waals surface area contributed by atoms with Gasteiger partial charge < -0.3 is 5.11 Å². The van der Waals surface area contributed by atoms with Crippen LogP contribution in [0.5, 0.6) is 0 Å². The average Bonchev–Trinajstić information content (AvgIpc) is 2.27. The van der Waals surface area contributed by atoms with Crippen molar-refractivity contribution in [2.45, 2.75) is 11.8 Å². The lowest BCUT2D eigenvalue weighted by molar-refractivity contribution is -0.137. The van der Waals surface area contributed by atoms with E-state index in [9.17, 15) is 17.6 Å². The van der Waals surface area contributed by atoms with E-state index in [1.807, 2.05) is 0 Å². The van der Waals surface area contributed by atoms with Gasteiger partial charge in [-0.15, -0.1) is 6.58 Å². The summed E-state index contributed by atoms with van der Waals surface area (Å²) in [7, 11) is -3.99. The van der Waals surface area contributed by atoms with E-state index in [2.05, 4.69) is 6.58 Å². The van der Waals surface area contributed by atoms with Crippen molar-refractivity contribution in [3.8, 4) is 0 Å². The van der Waals surface area contributed by atoms with Crippen LogP contribution < -0.4 is 0 Å². The molecule has 0 atom stereocenters. The van der Waals surface area contributed by atoms with Crippen molar-refractivity contribution in [3.05, 3.63) is 42.2 Å². The number of aryl methyl sites for hydroxylation is 1. The fourth-order valence-electron chi connectivity index (χ4n) is 1.58. The normalized spacial score (nSPS) is 11.5. The summed E-state index contributed by atoms with van der Waals surface area (Å²) in [5, 5.41) is 8.73. The number of halogens is 1. The molecule has 104 valence electrons. The molecule has 1 N–H and O–H groups in total. The molecular formula is C12H14FNO4S. The van der Waals surface area contributed by atoms with E-state index in [-0.39, 0.29) is 17.0 Å². The van der Waals surface area contributed by atoms with Crippen LogP contribution in [0.4, 0.5) is 4.39 Å². The highest BCUT2D eigenvalue weighted by atomic mass is 32.2. The molecule has 0 heterocycles. The van der Waals surface area contributed by atoms with Gasteiger partial charge in [0, 0.05) is 6.54 Å². The van der Waals surface area contributed by atoms with Gasteiger partial charge in [-0.1, -0.05) is 6.08 Å². The second-order valence-corrected chi connectivity index (χ2v) is 5.80. The molecule has 0 spiro atoms. The molecule has 0 saturated carbocycles. The van der Waals surface area contributed by atoms with Crippen LogP contribution >= 0.6 is 0 Å². The van der Waals surface area contributed by atoms with Crippen molar-refractivity contribution in [1.82, 2.24) is 4.31 Å². The van der Waals surface area contributed by atoms with Crippen LogP contribution in [0.2, 0.25) is 0 Å². The summed E-state index contributed by atoms with van der Waals surface area (Å²) in [6, 6.07) is 3.23. The van der Waals surface area contributed by atoms with Crippen LogP contribution in [0.1, 0.15) is 5.56 Å². The molecule has 19 heavy (non-hydrogen) atoms. The first-order valence-electron chi connectivity index (χ1n) is 5.38. The van der Waals surface area contributed by atoms with Crippen LogP contribution in [-0.4, -0.2) is 36.9 Å². The summed E-state index contributed by atoms with van der Waals surface area (Å²) in [5.41, 5.74) is 0.222. The van der Waals surface area contributed by atoms with Gasteiger partial charge in [0.05, 0.1) is 4.90 Å². The number of carboxylic acids is 1. The molecule has 1 aromatic rings. The van der Waals surface area contributed by atoms with Crippen molar-refractivity contribution in [1.29, 1.82) is 0 Å².